The number of para-hydroxylation sites is 2. The molecule has 5 rings (SSSR count). The number of halogens is 1. The van der Waals surface area contributed by atoms with Crippen molar-refractivity contribution < 1.29 is 4.79 Å². The summed E-state index contributed by atoms with van der Waals surface area (Å²) in [6.07, 6.45) is 3.57. The van der Waals surface area contributed by atoms with Gasteiger partial charge in [-0.3, -0.25) is 9.69 Å². The first-order valence-electron chi connectivity index (χ1n) is 10.2. The Morgan fingerprint density at radius 2 is 1.58 bits per heavy atom. The molecule has 0 unspecified atom stereocenters. The zero-order valence-corrected chi connectivity index (χ0v) is 18.9. The van der Waals surface area contributed by atoms with E-state index in [1.54, 1.807) is 11.1 Å². The van der Waals surface area contributed by atoms with Gasteiger partial charge in [0.2, 0.25) is 5.91 Å². The standard InChI is InChI=1S/C25H18ClN5OS/c26-20-13-11-18(12-14-20)24-19(16-30(29-24)21-7-3-1-4-8-21)15-27-28-25-31(23(32)17-33-25)22-9-5-2-6-10-22/h1-16H,17H2/b27-15-,28-25+. The molecule has 0 atom stereocenters. The van der Waals surface area contributed by atoms with Gasteiger partial charge >= 0.3 is 0 Å². The van der Waals surface area contributed by atoms with Gasteiger partial charge in [-0.2, -0.15) is 10.2 Å². The number of aromatic nitrogens is 2. The van der Waals surface area contributed by atoms with Gasteiger partial charge in [-0.25, -0.2) is 4.68 Å². The number of nitrogens with zero attached hydrogens (tertiary/aromatic N) is 5. The summed E-state index contributed by atoms with van der Waals surface area (Å²) in [4.78, 5) is 14.0. The molecule has 1 aromatic heterocycles. The van der Waals surface area contributed by atoms with E-state index in [-0.39, 0.29) is 5.91 Å². The summed E-state index contributed by atoms with van der Waals surface area (Å²) in [6, 6.07) is 26.8. The zero-order chi connectivity index (χ0) is 22.6. The van der Waals surface area contributed by atoms with Crippen molar-refractivity contribution in [3.63, 3.8) is 0 Å². The van der Waals surface area contributed by atoms with Crippen LogP contribution in [0, 0.1) is 0 Å². The summed E-state index contributed by atoms with van der Waals surface area (Å²) in [5.74, 6) is 0.324. The van der Waals surface area contributed by atoms with Gasteiger partial charge in [0.25, 0.3) is 0 Å². The Morgan fingerprint density at radius 1 is 0.909 bits per heavy atom. The molecule has 1 aliphatic rings. The second kappa shape index (κ2) is 9.44. The molecule has 0 aliphatic carbocycles. The van der Waals surface area contributed by atoms with Gasteiger partial charge in [0, 0.05) is 22.3 Å². The van der Waals surface area contributed by atoms with E-state index in [2.05, 4.69) is 10.2 Å². The maximum absolute atomic E-state index is 12.4. The number of rotatable bonds is 5. The van der Waals surface area contributed by atoms with Crippen LogP contribution in [0.2, 0.25) is 5.02 Å². The van der Waals surface area contributed by atoms with Gasteiger partial charge in [0.05, 0.1) is 23.3 Å². The van der Waals surface area contributed by atoms with E-state index in [4.69, 9.17) is 16.7 Å². The normalized spacial score (nSPS) is 15.1. The highest BCUT2D eigenvalue weighted by atomic mass is 35.5. The molecular weight excluding hydrogens is 454 g/mol. The Balaban J connectivity index is 1.50. The summed E-state index contributed by atoms with van der Waals surface area (Å²) in [7, 11) is 0. The highest BCUT2D eigenvalue weighted by Crippen LogP contribution is 2.27. The molecule has 33 heavy (non-hydrogen) atoms. The Labute approximate surface area is 200 Å². The number of carbonyl (C=O) groups excluding carboxylic acids is 1. The third kappa shape index (κ3) is 4.60. The van der Waals surface area contributed by atoms with Crippen LogP contribution in [0.25, 0.3) is 16.9 Å². The van der Waals surface area contributed by atoms with Crippen LogP contribution >= 0.6 is 23.4 Å². The zero-order valence-electron chi connectivity index (χ0n) is 17.4. The number of carbonyl (C=O) groups is 1. The maximum Gasteiger partial charge on any atom is 0.243 e. The van der Waals surface area contributed by atoms with Crippen LogP contribution in [0.3, 0.4) is 0 Å². The molecule has 0 radical (unpaired) electrons. The van der Waals surface area contributed by atoms with Crippen molar-refractivity contribution in [3.8, 4) is 16.9 Å². The fraction of sp³-hybridized carbons (Fsp3) is 0.0400. The Kier molecular flexibility index (Phi) is 6.06. The molecule has 1 saturated heterocycles. The van der Waals surface area contributed by atoms with Crippen molar-refractivity contribution in [2.75, 3.05) is 10.7 Å². The topological polar surface area (TPSA) is 62.9 Å². The molecule has 1 fully saturated rings. The molecule has 1 aliphatic heterocycles. The van der Waals surface area contributed by atoms with Crippen molar-refractivity contribution in [1.29, 1.82) is 0 Å². The van der Waals surface area contributed by atoms with E-state index in [1.165, 1.54) is 11.8 Å². The quantitative estimate of drug-likeness (QED) is 0.278. The van der Waals surface area contributed by atoms with Crippen molar-refractivity contribution >= 4 is 46.3 Å². The van der Waals surface area contributed by atoms with E-state index in [0.717, 1.165) is 28.2 Å². The summed E-state index contributed by atoms with van der Waals surface area (Å²) in [5, 5.41) is 14.6. The highest BCUT2D eigenvalue weighted by Gasteiger charge is 2.29. The van der Waals surface area contributed by atoms with Gasteiger partial charge in [0.15, 0.2) is 5.17 Å². The first kappa shape index (κ1) is 21.2. The fourth-order valence-electron chi connectivity index (χ4n) is 3.43. The molecule has 2 heterocycles. The number of anilines is 1. The van der Waals surface area contributed by atoms with Crippen LogP contribution in [-0.4, -0.2) is 32.8 Å². The van der Waals surface area contributed by atoms with Gasteiger partial charge in [-0.05, 0) is 36.4 Å². The fourth-order valence-corrected chi connectivity index (χ4v) is 4.38. The number of amides is 1. The minimum atomic E-state index is -0.0149. The molecule has 4 aromatic rings. The molecule has 0 spiro atoms. The van der Waals surface area contributed by atoms with E-state index in [0.29, 0.717) is 15.9 Å². The van der Waals surface area contributed by atoms with Crippen LogP contribution in [0.15, 0.2) is 101 Å². The lowest BCUT2D eigenvalue weighted by molar-refractivity contribution is -0.115. The van der Waals surface area contributed by atoms with Crippen molar-refractivity contribution in [3.05, 3.63) is 102 Å². The second-order valence-electron chi connectivity index (χ2n) is 7.20. The van der Waals surface area contributed by atoms with Gasteiger partial charge in [0.1, 0.15) is 5.69 Å². The van der Waals surface area contributed by atoms with Crippen LogP contribution in [0.5, 0.6) is 0 Å². The molecule has 0 N–H and O–H groups in total. The predicted octanol–water partition coefficient (Wildman–Crippen LogP) is 5.66. The lowest BCUT2D eigenvalue weighted by Crippen LogP contribution is -2.28. The number of thioether (sulfide) groups is 1. The Hall–Kier alpha value is -3.68. The van der Waals surface area contributed by atoms with Crippen LogP contribution in [0.1, 0.15) is 5.56 Å². The average molecular weight is 472 g/mol. The molecule has 162 valence electrons. The van der Waals surface area contributed by atoms with Crippen LogP contribution < -0.4 is 4.90 Å². The first-order valence-corrected chi connectivity index (χ1v) is 11.6. The van der Waals surface area contributed by atoms with Crippen LogP contribution in [-0.2, 0) is 4.79 Å². The lowest BCUT2D eigenvalue weighted by atomic mass is 10.1. The molecule has 1 amide bonds. The van der Waals surface area contributed by atoms with Crippen molar-refractivity contribution in [2.45, 2.75) is 0 Å². The van der Waals surface area contributed by atoms with Crippen LogP contribution in [0.4, 0.5) is 5.69 Å². The smallest absolute Gasteiger partial charge is 0.243 e. The lowest BCUT2D eigenvalue weighted by Gasteiger charge is -2.14. The minimum Gasteiger partial charge on any atom is -0.273 e. The van der Waals surface area contributed by atoms with Crippen molar-refractivity contribution in [1.82, 2.24) is 9.78 Å². The molecule has 8 heteroatoms. The van der Waals surface area contributed by atoms with Gasteiger partial charge in [-0.15, -0.1) is 5.10 Å². The maximum atomic E-state index is 12.4. The number of hydrogen-bond donors (Lipinski definition) is 0. The first-order chi connectivity index (χ1) is 16.2. The average Bonchev–Trinajstić information content (AvgIpc) is 3.44. The van der Waals surface area contributed by atoms with Gasteiger partial charge < -0.3 is 0 Å². The number of hydrogen-bond acceptors (Lipinski definition) is 5. The predicted molar refractivity (Wildman–Crippen MR) is 135 cm³/mol. The van der Waals surface area contributed by atoms with E-state index < -0.39 is 0 Å². The minimum absolute atomic E-state index is 0.0149. The summed E-state index contributed by atoms with van der Waals surface area (Å²) in [6.45, 7) is 0. The third-order valence-electron chi connectivity index (χ3n) is 5.00. The highest BCUT2D eigenvalue weighted by molar-refractivity contribution is 8.15. The molecule has 0 bridgehead atoms. The van der Waals surface area contributed by atoms with E-state index in [9.17, 15) is 4.79 Å². The summed E-state index contributed by atoms with van der Waals surface area (Å²) < 4.78 is 1.81. The third-order valence-corrected chi connectivity index (χ3v) is 6.17. The molecule has 0 saturated carbocycles. The summed E-state index contributed by atoms with van der Waals surface area (Å²) in [5.41, 5.74) is 4.19. The summed E-state index contributed by atoms with van der Waals surface area (Å²) >= 11 is 7.44. The Morgan fingerprint density at radius 3 is 2.27 bits per heavy atom. The molecule has 3 aromatic carbocycles. The Bertz CT molecular complexity index is 1330. The van der Waals surface area contributed by atoms with Gasteiger partial charge in [-0.1, -0.05) is 71.9 Å². The second-order valence-corrected chi connectivity index (χ2v) is 8.58. The number of benzene rings is 3. The SMILES string of the molecule is O=C1CS/C(=N/N=C\c2cn(-c3ccccc3)nc2-c2ccc(Cl)cc2)N1c1ccccc1. The largest absolute Gasteiger partial charge is 0.273 e. The monoisotopic (exact) mass is 471 g/mol. The molecule has 6 nitrogen and oxygen atoms in total. The number of amidine groups is 1. The molecular formula is C25H18ClN5OS. The van der Waals surface area contributed by atoms with Crippen molar-refractivity contribution in [2.24, 2.45) is 10.2 Å². The van der Waals surface area contributed by atoms with E-state index >= 15 is 0 Å². The van der Waals surface area contributed by atoms with E-state index in [1.807, 2.05) is 95.8 Å².